The van der Waals surface area contributed by atoms with Crippen LogP contribution in [-0.4, -0.2) is 51.6 Å². The molecule has 32 heavy (non-hydrogen) atoms. The van der Waals surface area contributed by atoms with Crippen LogP contribution in [0.4, 0.5) is 5.13 Å². The van der Waals surface area contributed by atoms with E-state index >= 15 is 0 Å². The average molecular weight is 447 g/mol. The number of rotatable bonds is 8. The molecule has 0 bridgehead atoms. The van der Waals surface area contributed by atoms with Crippen molar-refractivity contribution in [2.45, 2.75) is 6.10 Å². The van der Waals surface area contributed by atoms with Crippen LogP contribution < -0.4 is 10.1 Å². The van der Waals surface area contributed by atoms with E-state index in [0.29, 0.717) is 28.1 Å². The Morgan fingerprint density at radius 2 is 1.84 bits per heavy atom. The summed E-state index contributed by atoms with van der Waals surface area (Å²) in [5.41, 5.74) is 2.36. The second-order valence-corrected chi connectivity index (χ2v) is 8.24. The monoisotopic (exact) mass is 446 g/mol. The van der Waals surface area contributed by atoms with Crippen molar-refractivity contribution in [3.8, 4) is 16.5 Å². The normalized spacial score (nSPS) is 11.8. The first-order valence-electron chi connectivity index (χ1n) is 9.96. The molecular formula is C23H22N6O2S. The first-order chi connectivity index (χ1) is 15.6. The molecular weight excluding hydrogens is 424 g/mol. The fraction of sp³-hybridized carbons (Fsp3) is 0.174. The second-order valence-electron chi connectivity index (χ2n) is 7.27. The molecule has 3 aromatic heterocycles. The van der Waals surface area contributed by atoms with Crippen LogP contribution in [0.25, 0.3) is 10.6 Å². The molecule has 1 aromatic carbocycles. The number of nitrogens with zero attached hydrogens (tertiary/aromatic N) is 5. The van der Waals surface area contributed by atoms with E-state index in [4.69, 9.17) is 4.74 Å². The topological polar surface area (TPSA) is 93.1 Å². The van der Waals surface area contributed by atoms with Crippen LogP contribution in [0.15, 0.2) is 73.2 Å². The molecule has 0 aliphatic heterocycles. The van der Waals surface area contributed by atoms with Crippen LogP contribution in [0.3, 0.4) is 0 Å². The van der Waals surface area contributed by atoms with Gasteiger partial charge in [-0.3, -0.25) is 15.1 Å². The van der Waals surface area contributed by atoms with Crippen molar-refractivity contribution in [2.75, 3.05) is 26.0 Å². The van der Waals surface area contributed by atoms with Crippen molar-refractivity contribution in [1.29, 1.82) is 0 Å². The fourth-order valence-electron chi connectivity index (χ4n) is 2.99. The Hall–Kier alpha value is -3.69. The highest BCUT2D eigenvalue weighted by molar-refractivity contribution is 7.18. The smallest absolute Gasteiger partial charge is 0.259 e. The number of hydrogen-bond donors (Lipinski definition) is 1. The van der Waals surface area contributed by atoms with Crippen LogP contribution in [0.2, 0.25) is 0 Å². The summed E-state index contributed by atoms with van der Waals surface area (Å²) < 4.78 is 6.11. The lowest BCUT2D eigenvalue weighted by Crippen LogP contribution is -2.24. The maximum atomic E-state index is 12.6. The zero-order valence-corrected chi connectivity index (χ0v) is 18.5. The fourth-order valence-corrected chi connectivity index (χ4v) is 3.74. The summed E-state index contributed by atoms with van der Waals surface area (Å²) in [5, 5.41) is 12.0. The number of hydrogen-bond acceptors (Lipinski definition) is 8. The standard InChI is InChI=1S/C23H22N6O2S/c1-29(2)15-19(16-6-4-3-5-7-16)31-20-9-8-18(14-25-20)21(30)26-23-28-27-22(32-23)17-10-12-24-13-11-17/h3-14,19H,15H2,1-2H3,(H,26,28,30)/t19-/m1/s1. The molecule has 162 valence electrons. The number of likely N-dealkylation sites (N-methyl/N-ethyl adjacent to an activating group) is 1. The van der Waals surface area contributed by atoms with E-state index in [9.17, 15) is 4.79 Å². The maximum Gasteiger partial charge on any atom is 0.259 e. The third-order valence-electron chi connectivity index (χ3n) is 4.54. The van der Waals surface area contributed by atoms with Gasteiger partial charge in [-0.05, 0) is 37.9 Å². The number of amides is 1. The molecule has 1 atom stereocenters. The molecule has 0 unspecified atom stereocenters. The predicted molar refractivity (Wildman–Crippen MR) is 124 cm³/mol. The van der Waals surface area contributed by atoms with Crippen LogP contribution in [0.1, 0.15) is 22.0 Å². The first-order valence-corrected chi connectivity index (χ1v) is 10.8. The Morgan fingerprint density at radius 3 is 2.53 bits per heavy atom. The quantitative estimate of drug-likeness (QED) is 0.438. The number of benzene rings is 1. The van der Waals surface area contributed by atoms with E-state index in [1.165, 1.54) is 17.5 Å². The minimum atomic E-state index is -0.311. The lowest BCUT2D eigenvalue weighted by molar-refractivity contribution is 0.102. The van der Waals surface area contributed by atoms with E-state index in [1.54, 1.807) is 24.5 Å². The van der Waals surface area contributed by atoms with Crippen molar-refractivity contribution in [1.82, 2.24) is 25.1 Å². The zero-order valence-electron chi connectivity index (χ0n) is 17.7. The third kappa shape index (κ3) is 5.51. The average Bonchev–Trinajstić information content (AvgIpc) is 3.28. The van der Waals surface area contributed by atoms with Gasteiger partial charge >= 0.3 is 0 Å². The molecule has 1 amide bonds. The van der Waals surface area contributed by atoms with Gasteiger partial charge < -0.3 is 9.64 Å². The molecule has 0 fully saturated rings. The Bertz CT molecular complexity index is 1150. The molecule has 0 saturated carbocycles. The third-order valence-corrected chi connectivity index (χ3v) is 5.42. The van der Waals surface area contributed by atoms with Crippen molar-refractivity contribution >= 4 is 22.4 Å². The SMILES string of the molecule is CN(C)C[C@@H](Oc1ccc(C(=O)Nc2nnc(-c3ccncc3)s2)cn1)c1ccccc1. The van der Waals surface area contributed by atoms with Gasteiger partial charge in [0.05, 0.1) is 5.56 Å². The van der Waals surface area contributed by atoms with Crippen LogP contribution >= 0.6 is 11.3 Å². The number of ether oxygens (including phenoxy) is 1. The number of anilines is 1. The van der Waals surface area contributed by atoms with Gasteiger partial charge in [0.15, 0.2) is 0 Å². The zero-order chi connectivity index (χ0) is 22.3. The van der Waals surface area contributed by atoms with Gasteiger partial charge in [-0.2, -0.15) is 0 Å². The van der Waals surface area contributed by atoms with Crippen LogP contribution in [-0.2, 0) is 0 Å². The number of nitrogens with one attached hydrogen (secondary N) is 1. The van der Waals surface area contributed by atoms with Gasteiger partial charge in [-0.1, -0.05) is 41.7 Å². The molecule has 1 N–H and O–H groups in total. The number of carbonyl (C=O) groups is 1. The summed E-state index contributed by atoms with van der Waals surface area (Å²) in [6.07, 6.45) is 4.69. The highest BCUT2D eigenvalue weighted by atomic mass is 32.1. The minimum Gasteiger partial charge on any atom is -0.468 e. The summed E-state index contributed by atoms with van der Waals surface area (Å²) in [4.78, 5) is 23.0. The molecule has 8 nitrogen and oxygen atoms in total. The van der Waals surface area contributed by atoms with Gasteiger partial charge in [0.2, 0.25) is 11.0 Å². The molecule has 0 spiro atoms. The predicted octanol–water partition coefficient (Wildman–Crippen LogP) is 3.93. The van der Waals surface area contributed by atoms with Gasteiger partial charge in [0.25, 0.3) is 5.91 Å². The summed E-state index contributed by atoms with van der Waals surface area (Å²) in [6.45, 7) is 0.699. The van der Waals surface area contributed by atoms with Gasteiger partial charge in [0, 0.05) is 36.8 Å². The van der Waals surface area contributed by atoms with Crippen LogP contribution in [0, 0.1) is 0 Å². The molecule has 4 aromatic rings. The Morgan fingerprint density at radius 1 is 1.06 bits per heavy atom. The summed E-state index contributed by atoms with van der Waals surface area (Å²) >= 11 is 1.29. The number of aromatic nitrogens is 4. The minimum absolute atomic E-state index is 0.175. The molecule has 9 heteroatoms. The van der Waals surface area contributed by atoms with E-state index in [1.807, 2.05) is 56.6 Å². The largest absolute Gasteiger partial charge is 0.468 e. The second kappa shape index (κ2) is 10.1. The van der Waals surface area contributed by atoms with Gasteiger partial charge in [-0.15, -0.1) is 10.2 Å². The Kier molecular flexibility index (Phi) is 6.78. The Labute approximate surface area is 189 Å². The summed E-state index contributed by atoms with van der Waals surface area (Å²) in [7, 11) is 3.99. The number of carbonyl (C=O) groups excluding carboxylic acids is 1. The van der Waals surface area contributed by atoms with Crippen molar-refractivity contribution < 1.29 is 9.53 Å². The van der Waals surface area contributed by atoms with E-state index in [0.717, 1.165) is 11.1 Å². The molecule has 0 radical (unpaired) electrons. The highest BCUT2D eigenvalue weighted by Crippen LogP contribution is 2.26. The number of pyridine rings is 2. The van der Waals surface area contributed by atoms with E-state index in [2.05, 4.69) is 30.4 Å². The summed E-state index contributed by atoms with van der Waals surface area (Å²) in [5.74, 6) is 0.141. The molecule has 0 saturated heterocycles. The highest BCUT2D eigenvalue weighted by Gasteiger charge is 2.16. The van der Waals surface area contributed by atoms with Crippen molar-refractivity contribution in [3.63, 3.8) is 0 Å². The first kappa shape index (κ1) is 21.5. The molecule has 0 aliphatic rings. The Balaban J connectivity index is 1.41. The molecule has 0 aliphatic carbocycles. The molecule has 4 rings (SSSR count). The van der Waals surface area contributed by atoms with Crippen molar-refractivity contribution in [3.05, 3.63) is 84.3 Å². The van der Waals surface area contributed by atoms with E-state index in [-0.39, 0.29) is 12.0 Å². The van der Waals surface area contributed by atoms with Gasteiger partial charge in [-0.25, -0.2) is 4.98 Å². The van der Waals surface area contributed by atoms with Crippen molar-refractivity contribution in [2.24, 2.45) is 0 Å². The lowest BCUT2D eigenvalue weighted by Gasteiger charge is -2.22. The van der Waals surface area contributed by atoms with Crippen LogP contribution in [0.5, 0.6) is 5.88 Å². The maximum absolute atomic E-state index is 12.6. The summed E-state index contributed by atoms with van der Waals surface area (Å²) in [6, 6.07) is 17.0. The van der Waals surface area contributed by atoms with E-state index < -0.39 is 0 Å². The molecule has 3 heterocycles. The van der Waals surface area contributed by atoms with Gasteiger partial charge in [0.1, 0.15) is 11.1 Å². The lowest BCUT2D eigenvalue weighted by atomic mass is 10.1.